The first-order chi connectivity index (χ1) is 10.2. The standard InChI is InChI=1S/C17H17IO3/c1-2-20-17(19)11-13-4-3-5-14(10-13)12-21-16-8-6-15(18)7-9-16/h3-10H,2,11-12H2,1H3. The average Bonchev–Trinajstić information content (AvgIpc) is 2.47. The highest BCUT2D eigenvalue weighted by Gasteiger charge is 2.05. The number of esters is 1. The molecule has 2 rings (SSSR count). The number of hydrogen-bond acceptors (Lipinski definition) is 3. The minimum absolute atomic E-state index is 0.201. The summed E-state index contributed by atoms with van der Waals surface area (Å²) in [5.74, 6) is 0.638. The molecule has 0 radical (unpaired) electrons. The zero-order chi connectivity index (χ0) is 15.1. The van der Waals surface area contributed by atoms with Crippen molar-refractivity contribution in [1.29, 1.82) is 0 Å². The van der Waals surface area contributed by atoms with Gasteiger partial charge in [0.25, 0.3) is 0 Å². The third kappa shape index (κ3) is 5.38. The van der Waals surface area contributed by atoms with Crippen LogP contribution >= 0.6 is 22.6 Å². The van der Waals surface area contributed by atoms with E-state index >= 15 is 0 Å². The van der Waals surface area contributed by atoms with Crippen molar-refractivity contribution >= 4 is 28.6 Å². The third-order valence-electron chi connectivity index (χ3n) is 2.86. The summed E-state index contributed by atoms with van der Waals surface area (Å²) in [6, 6.07) is 15.7. The van der Waals surface area contributed by atoms with Crippen molar-refractivity contribution in [3.8, 4) is 5.75 Å². The molecule has 2 aromatic carbocycles. The van der Waals surface area contributed by atoms with E-state index in [2.05, 4.69) is 22.6 Å². The lowest BCUT2D eigenvalue weighted by Crippen LogP contribution is -2.07. The Balaban J connectivity index is 1.94. The lowest BCUT2D eigenvalue weighted by atomic mass is 10.1. The summed E-state index contributed by atoms with van der Waals surface area (Å²) in [5, 5.41) is 0. The molecule has 3 nitrogen and oxygen atoms in total. The Labute approximate surface area is 138 Å². The van der Waals surface area contributed by atoms with Crippen LogP contribution in [0.2, 0.25) is 0 Å². The van der Waals surface area contributed by atoms with E-state index in [4.69, 9.17) is 9.47 Å². The van der Waals surface area contributed by atoms with Crippen molar-refractivity contribution in [2.24, 2.45) is 0 Å². The number of hydrogen-bond donors (Lipinski definition) is 0. The van der Waals surface area contributed by atoms with E-state index in [9.17, 15) is 4.79 Å². The third-order valence-corrected chi connectivity index (χ3v) is 3.58. The predicted octanol–water partition coefficient (Wildman–Crippen LogP) is 3.98. The first-order valence-electron chi connectivity index (χ1n) is 6.79. The van der Waals surface area contributed by atoms with Gasteiger partial charge in [-0.15, -0.1) is 0 Å². The van der Waals surface area contributed by atoms with Gasteiger partial charge in [-0.3, -0.25) is 4.79 Å². The Kier molecular flexibility index (Phi) is 6.04. The molecule has 0 unspecified atom stereocenters. The van der Waals surface area contributed by atoms with Crippen LogP contribution < -0.4 is 4.74 Å². The van der Waals surface area contributed by atoms with Crippen molar-refractivity contribution in [3.63, 3.8) is 0 Å². The molecule has 0 fully saturated rings. The van der Waals surface area contributed by atoms with Gasteiger partial charge in [0.15, 0.2) is 0 Å². The fraction of sp³-hybridized carbons (Fsp3) is 0.235. The fourth-order valence-electron chi connectivity index (χ4n) is 1.91. The van der Waals surface area contributed by atoms with E-state index in [-0.39, 0.29) is 5.97 Å². The molecule has 110 valence electrons. The number of rotatable bonds is 6. The number of ether oxygens (including phenoxy) is 2. The van der Waals surface area contributed by atoms with Gasteiger partial charge >= 0.3 is 5.97 Å². The van der Waals surface area contributed by atoms with Crippen molar-refractivity contribution in [3.05, 3.63) is 63.2 Å². The van der Waals surface area contributed by atoms with Crippen LogP contribution in [0.5, 0.6) is 5.75 Å². The molecule has 0 N–H and O–H groups in total. The second-order valence-electron chi connectivity index (χ2n) is 4.54. The Morgan fingerprint density at radius 1 is 1.10 bits per heavy atom. The summed E-state index contributed by atoms with van der Waals surface area (Å²) >= 11 is 2.26. The van der Waals surface area contributed by atoms with Crippen LogP contribution in [-0.2, 0) is 22.6 Å². The largest absolute Gasteiger partial charge is 0.489 e. The van der Waals surface area contributed by atoms with Crippen LogP contribution in [0.3, 0.4) is 0 Å². The Morgan fingerprint density at radius 3 is 2.52 bits per heavy atom. The Bertz CT molecular complexity index is 593. The molecule has 0 spiro atoms. The molecular formula is C17H17IO3. The fourth-order valence-corrected chi connectivity index (χ4v) is 2.27. The lowest BCUT2D eigenvalue weighted by molar-refractivity contribution is -0.142. The maximum Gasteiger partial charge on any atom is 0.310 e. The number of carbonyl (C=O) groups excluding carboxylic acids is 1. The summed E-state index contributed by atoms with van der Waals surface area (Å²) in [7, 11) is 0. The summed E-state index contributed by atoms with van der Waals surface area (Å²) in [5.41, 5.74) is 1.98. The number of benzene rings is 2. The van der Waals surface area contributed by atoms with Crippen LogP contribution in [-0.4, -0.2) is 12.6 Å². The van der Waals surface area contributed by atoms with E-state index in [0.717, 1.165) is 16.9 Å². The zero-order valence-electron chi connectivity index (χ0n) is 11.8. The first kappa shape index (κ1) is 15.8. The molecule has 0 atom stereocenters. The molecule has 2 aromatic rings. The molecule has 0 aliphatic carbocycles. The molecule has 0 aliphatic heterocycles. The highest BCUT2D eigenvalue weighted by atomic mass is 127. The molecule has 21 heavy (non-hydrogen) atoms. The van der Waals surface area contributed by atoms with Gasteiger partial charge in [-0.25, -0.2) is 0 Å². The van der Waals surface area contributed by atoms with Crippen molar-refractivity contribution < 1.29 is 14.3 Å². The molecule has 0 aromatic heterocycles. The van der Waals surface area contributed by atoms with Gasteiger partial charge in [0.2, 0.25) is 0 Å². The molecular weight excluding hydrogens is 379 g/mol. The SMILES string of the molecule is CCOC(=O)Cc1cccc(COc2ccc(I)cc2)c1. The molecule has 0 saturated heterocycles. The second kappa shape index (κ2) is 8.02. The first-order valence-corrected chi connectivity index (χ1v) is 7.87. The van der Waals surface area contributed by atoms with Crippen molar-refractivity contribution in [1.82, 2.24) is 0 Å². The normalized spacial score (nSPS) is 10.2. The van der Waals surface area contributed by atoms with Crippen LogP contribution in [0.25, 0.3) is 0 Å². The molecule has 0 saturated carbocycles. The summed E-state index contributed by atoms with van der Waals surface area (Å²) < 4.78 is 11.9. The van der Waals surface area contributed by atoms with Crippen molar-refractivity contribution in [2.75, 3.05) is 6.61 Å². The molecule has 0 bridgehead atoms. The zero-order valence-corrected chi connectivity index (χ0v) is 14.0. The van der Waals surface area contributed by atoms with Gasteiger partial charge in [-0.1, -0.05) is 24.3 Å². The second-order valence-corrected chi connectivity index (χ2v) is 5.79. The predicted molar refractivity (Wildman–Crippen MR) is 90.3 cm³/mol. The van der Waals surface area contributed by atoms with Gasteiger partial charge in [0.1, 0.15) is 12.4 Å². The van der Waals surface area contributed by atoms with Gasteiger partial charge in [0.05, 0.1) is 13.0 Å². The van der Waals surface area contributed by atoms with Crippen molar-refractivity contribution in [2.45, 2.75) is 20.0 Å². The number of halogens is 1. The summed E-state index contributed by atoms with van der Waals surface area (Å²) in [6.07, 6.45) is 0.297. The molecule has 0 amide bonds. The van der Waals surface area contributed by atoms with Gasteiger partial charge in [-0.2, -0.15) is 0 Å². The molecule has 4 heteroatoms. The average molecular weight is 396 g/mol. The van der Waals surface area contributed by atoms with E-state index in [0.29, 0.717) is 19.6 Å². The Hall–Kier alpha value is -1.56. The topological polar surface area (TPSA) is 35.5 Å². The van der Waals surface area contributed by atoms with E-state index in [1.165, 1.54) is 3.57 Å². The van der Waals surface area contributed by atoms with E-state index in [1.54, 1.807) is 0 Å². The maximum atomic E-state index is 11.5. The highest BCUT2D eigenvalue weighted by molar-refractivity contribution is 14.1. The smallest absolute Gasteiger partial charge is 0.310 e. The maximum absolute atomic E-state index is 11.5. The highest BCUT2D eigenvalue weighted by Crippen LogP contribution is 2.16. The molecule has 0 heterocycles. The quantitative estimate of drug-likeness (QED) is 0.548. The van der Waals surface area contributed by atoms with Crippen LogP contribution in [0.1, 0.15) is 18.1 Å². The minimum Gasteiger partial charge on any atom is -0.489 e. The van der Waals surface area contributed by atoms with Gasteiger partial charge in [0, 0.05) is 3.57 Å². The summed E-state index contributed by atoms with van der Waals surface area (Å²) in [4.78, 5) is 11.5. The molecule has 0 aliphatic rings. The van der Waals surface area contributed by atoms with E-state index in [1.807, 2.05) is 55.5 Å². The van der Waals surface area contributed by atoms with Gasteiger partial charge in [-0.05, 0) is 64.9 Å². The van der Waals surface area contributed by atoms with Crippen LogP contribution in [0, 0.1) is 3.57 Å². The number of carbonyl (C=O) groups is 1. The van der Waals surface area contributed by atoms with Gasteiger partial charge < -0.3 is 9.47 Å². The summed E-state index contributed by atoms with van der Waals surface area (Å²) in [6.45, 7) is 2.70. The van der Waals surface area contributed by atoms with Crippen LogP contribution in [0.4, 0.5) is 0 Å². The Morgan fingerprint density at radius 2 is 1.81 bits per heavy atom. The lowest BCUT2D eigenvalue weighted by Gasteiger charge is -2.08. The monoisotopic (exact) mass is 396 g/mol. The van der Waals surface area contributed by atoms with Crippen LogP contribution in [0.15, 0.2) is 48.5 Å². The van der Waals surface area contributed by atoms with E-state index < -0.39 is 0 Å². The minimum atomic E-state index is -0.201.